The van der Waals surface area contributed by atoms with Crippen LogP contribution in [0.1, 0.15) is 29.3 Å². The van der Waals surface area contributed by atoms with E-state index >= 15 is 4.39 Å². The molecule has 0 saturated heterocycles. The van der Waals surface area contributed by atoms with Gasteiger partial charge in [-0.1, -0.05) is 24.9 Å². The van der Waals surface area contributed by atoms with Crippen molar-refractivity contribution in [3.05, 3.63) is 83.8 Å². The Morgan fingerprint density at radius 1 is 1.09 bits per heavy atom. The van der Waals surface area contributed by atoms with Gasteiger partial charge in [0.05, 0.1) is 11.3 Å². The highest BCUT2D eigenvalue weighted by Crippen LogP contribution is 2.31. The Morgan fingerprint density at radius 2 is 1.97 bits per heavy atom. The lowest BCUT2D eigenvalue weighted by Gasteiger charge is -2.10. The normalized spacial score (nSPS) is 11.4. The zero-order valence-electron chi connectivity index (χ0n) is 17.7. The van der Waals surface area contributed by atoms with E-state index in [9.17, 15) is 9.18 Å². The number of pyridine rings is 1. The van der Waals surface area contributed by atoms with Crippen LogP contribution in [0.5, 0.6) is 0 Å². The van der Waals surface area contributed by atoms with Crippen molar-refractivity contribution in [1.82, 2.24) is 15.0 Å². The van der Waals surface area contributed by atoms with Gasteiger partial charge in [-0.3, -0.25) is 4.79 Å². The lowest BCUT2D eigenvalue weighted by molar-refractivity contribution is 0.103. The Bertz CT molecular complexity index is 1490. The third-order valence-electron chi connectivity index (χ3n) is 5.47. The summed E-state index contributed by atoms with van der Waals surface area (Å²) in [5.74, 6) is -1.79. The molecule has 33 heavy (non-hydrogen) atoms. The highest BCUT2D eigenvalue weighted by Gasteiger charge is 2.24. The smallest absolute Gasteiger partial charge is 0.201 e. The first-order chi connectivity index (χ1) is 16.1. The van der Waals surface area contributed by atoms with Crippen molar-refractivity contribution in [3.8, 4) is 11.1 Å². The highest BCUT2D eigenvalue weighted by atomic mass is 32.2. The summed E-state index contributed by atoms with van der Waals surface area (Å²) in [5.41, 5.74) is 2.87. The van der Waals surface area contributed by atoms with Crippen molar-refractivity contribution in [2.45, 2.75) is 13.3 Å². The standard InChI is InChI=1S/C25H20F2N4OS/c1-2-9-33-31-21-6-4-19(26)22(23(21)27)24(32)18-13-30-25-17(18)11-16(12-29-25)14-3-5-20-15(10-14)7-8-28-20/h3-8,10-13,28,31H,2,9H2,1H3,(H,29,30). The Hall–Kier alpha value is -3.65. The van der Waals surface area contributed by atoms with Gasteiger partial charge in [-0.2, -0.15) is 0 Å². The van der Waals surface area contributed by atoms with Gasteiger partial charge in [-0.05, 0) is 53.8 Å². The summed E-state index contributed by atoms with van der Waals surface area (Å²) in [6, 6.07) is 12.1. The summed E-state index contributed by atoms with van der Waals surface area (Å²) >= 11 is 1.31. The molecule has 3 heterocycles. The topological polar surface area (TPSA) is 73.6 Å². The van der Waals surface area contributed by atoms with Crippen molar-refractivity contribution in [2.24, 2.45) is 0 Å². The first-order valence-electron chi connectivity index (χ1n) is 10.5. The zero-order chi connectivity index (χ0) is 22.9. The van der Waals surface area contributed by atoms with Gasteiger partial charge in [-0.15, -0.1) is 0 Å². The molecule has 5 nitrogen and oxygen atoms in total. The third kappa shape index (κ3) is 3.87. The summed E-state index contributed by atoms with van der Waals surface area (Å²) in [4.78, 5) is 23.8. The van der Waals surface area contributed by atoms with E-state index in [0.29, 0.717) is 11.0 Å². The van der Waals surface area contributed by atoms with Crippen LogP contribution in [0.25, 0.3) is 33.1 Å². The lowest BCUT2D eigenvalue weighted by Crippen LogP contribution is -2.09. The molecule has 0 fully saturated rings. The number of hydrogen-bond acceptors (Lipinski definition) is 4. The predicted octanol–water partition coefficient (Wildman–Crippen LogP) is 6.69. The largest absolute Gasteiger partial charge is 0.361 e. The van der Waals surface area contributed by atoms with Crippen molar-refractivity contribution >= 4 is 45.4 Å². The van der Waals surface area contributed by atoms with Crippen LogP contribution in [-0.2, 0) is 0 Å². The number of aromatic nitrogens is 3. The van der Waals surface area contributed by atoms with Crippen LogP contribution in [0.15, 0.2) is 61.1 Å². The van der Waals surface area contributed by atoms with Crippen LogP contribution in [0.2, 0.25) is 0 Å². The fraction of sp³-hybridized carbons (Fsp3) is 0.120. The molecule has 0 unspecified atom stereocenters. The summed E-state index contributed by atoms with van der Waals surface area (Å²) in [7, 11) is 0. The predicted molar refractivity (Wildman–Crippen MR) is 130 cm³/mol. The Balaban J connectivity index is 1.55. The molecule has 0 aliphatic rings. The lowest BCUT2D eigenvalue weighted by atomic mass is 9.99. The monoisotopic (exact) mass is 462 g/mol. The number of anilines is 1. The number of nitrogens with zero attached hydrogens (tertiary/aromatic N) is 1. The molecule has 3 N–H and O–H groups in total. The van der Waals surface area contributed by atoms with E-state index in [4.69, 9.17) is 0 Å². The molecule has 0 amide bonds. The van der Waals surface area contributed by atoms with Crippen LogP contribution >= 0.6 is 11.9 Å². The third-order valence-corrected chi connectivity index (χ3v) is 6.45. The van der Waals surface area contributed by atoms with Crippen LogP contribution in [0.3, 0.4) is 0 Å². The molecule has 5 aromatic rings. The molecule has 3 aromatic heterocycles. The number of fused-ring (bicyclic) bond motifs is 2. The number of aromatic amines is 2. The molecule has 0 bridgehead atoms. The second-order valence-corrected chi connectivity index (χ2v) is 8.57. The Labute approximate surface area is 192 Å². The van der Waals surface area contributed by atoms with Gasteiger partial charge >= 0.3 is 0 Å². The van der Waals surface area contributed by atoms with Crippen molar-refractivity contribution in [3.63, 3.8) is 0 Å². The van der Waals surface area contributed by atoms with E-state index in [0.717, 1.165) is 40.3 Å². The van der Waals surface area contributed by atoms with Gasteiger partial charge in [0.1, 0.15) is 11.5 Å². The van der Waals surface area contributed by atoms with Gasteiger partial charge in [0.25, 0.3) is 0 Å². The summed E-state index contributed by atoms with van der Waals surface area (Å²) in [5, 5.41) is 1.55. The number of H-pyrrole nitrogens is 2. The average molecular weight is 463 g/mol. The second-order valence-electron chi connectivity index (χ2n) is 7.67. The molecule has 0 atom stereocenters. The minimum Gasteiger partial charge on any atom is -0.361 e. The number of rotatable bonds is 7. The second kappa shape index (κ2) is 8.71. The number of nitrogens with one attached hydrogen (secondary N) is 3. The number of hydrogen-bond donors (Lipinski definition) is 3. The fourth-order valence-electron chi connectivity index (χ4n) is 3.79. The number of carbonyl (C=O) groups is 1. The molecule has 0 saturated carbocycles. The Morgan fingerprint density at radius 3 is 2.82 bits per heavy atom. The average Bonchev–Trinajstić information content (AvgIpc) is 3.46. The van der Waals surface area contributed by atoms with E-state index < -0.39 is 23.0 Å². The summed E-state index contributed by atoms with van der Waals surface area (Å²) < 4.78 is 32.6. The van der Waals surface area contributed by atoms with E-state index in [2.05, 4.69) is 19.7 Å². The van der Waals surface area contributed by atoms with E-state index in [1.165, 1.54) is 24.2 Å². The van der Waals surface area contributed by atoms with Gasteiger partial charge in [0, 0.05) is 46.4 Å². The van der Waals surface area contributed by atoms with Gasteiger partial charge < -0.3 is 14.7 Å². The number of ketones is 1. The molecule has 166 valence electrons. The maximum Gasteiger partial charge on any atom is 0.201 e. The minimum atomic E-state index is -0.903. The van der Waals surface area contributed by atoms with Crippen LogP contribution in [0.4, 0.5) is 14.5 Å². The first kappa shape index (κ1) is 21.2. The van der Waals surface area contributed by atoms with Crippen LogP contribution in [-0.4, -0.2) is 26.5 Å². The molecule has 0 radical (unpaired) electrons. The van der Waals surface area contributed by atoms with Crippen LogP contribution < -0.4 is 4.72 Å². The SMILES string of the molecule is CCCSNc1ccc(F)c(C(=O)c2c[nH]c3ncc(-c4ccc5[nH]ccc5c4)cc23)c1F. The van der Waals surface area contributed by atoms with E-state index in [1.54, 1.807) is 6.20 Å². The molecule has 5 rings (SSSR count). The molecule has 0 spiro atoms. The van der Waals surface area contributed by atoms with Crippen molar-refractivity contribution in [2.75, 3.05) is 10.5 Å². The number of carbonyl (C=O) groups excluding carboxylic acids is 1. The van der Waals surface area contributed by atoms with E-state index in [1.807, 2.05) is 43.5 Å². The minimum absolute atomic E-state index is 0.0802. The first-order valence-corrected chi connectivity index (χ1v) is 11.5. The molecule has 0 aliphatic heterocycles. The molecule has 0 aliphatic carbocycles. The van der Waals surface area contributed by atoms with Crippen LogP contribution in [0, 0.1) is 11.6 Å². The van der Waals surface area contributed by atoms with Gasteiger partial charge in [0.2, 0.25) is 5.78 Å². The summed E-state index contributed by atoms with van der Waals surface area (Å²) in [6.07, 6.45) is 5.92. The fourth-order valence-corrected chi connectivity index (χ4v) is 4.41. The summed E-state index contributed by atoms with van der Waals surface area (Å²) in [6.45, 7) is 2.00. The van der Waals surface area contributed by atoms with Gasteiger partial charge in [0.15, 0.2) is 5.82 Å². The maximum absolute atomic E-state index is 15.1. The molecular formula is C25H20F2N4OS. The maximum atomic E-state index is 15.1. The number of halogens is 2. The van der Waals surface area contributed by atoms with E-state index in [-0.39, 0.29) is 11.3 Å². The Kier molecular flexibility index (Phi) is 5.60. The molecule has 2 aromatic carbocycles. The number of benzene rings is 2. The molecule has 8 heteroatoms. The quantitative estimate of drug-likeness (QED) is 0.143. The zero-order valence-corrected chi connectivity index (χ0v) is 18.5. The van der Waals surface area contributed by atoms with Crippen molar-refractivity contribution in [1.29, 1.82) is 0 Å². The molecular weight excluding hydrogens is 442 g/mol. The highest BCUT2D eigenvalue weighted by molar-refractivity contribution is 8.00. The van der Waals surface area contributed by atoms with Gasteiger partial charge in [-0.25, -0.2) is 13.8 Å². The van der Waals surface area contributed by atoms with Crippen molar-refractivity contribution < 1.29 is 13.6 Å².